The van der Waals surface area contributed by atoms with Crippen molar-refractivity contribution < 1.29 is 4.42 Å². The van der Waals surface area contributed by atoms with Crippen LogP contribution in [0.25, 0.3) is 109 Å². The van der Waals surface area contributed by atoms with Gasteiger partial charge in [-0.1, -0.05) is 152 Å². The number of para-hydroxylation sites is 1. The molecule has 1 heterocycles. The van der Waals surface area contributed by atoms with Crippen LogP contribution in [0.5, 0.6) is 0 Å². The lowest BCUT2D eigenvalue weighted by Crippen LogP contribution is -1.91. The number of hydrogen-bond acceptors (Lipinski definition) is 1. The minimum Gasteiger partial charge on any atom is -0.456 e. The van der Waals surface area contributed by atoms with Gasteiger partial charge in [0.25, 0.3) is 0 Å². The molecule has 0 spiro atoms. The fourth-order valence-electron chi connectivity index (χ4n) is 8.59. The minimum atomic E-state index is 0.925. The smallest absolute Gasteiger partial charge is 0.136 e. The first-order chi connectivity index (χ1) is 25.3. The Hall–Kier alpha value is -6.70. The highest BCUT2D eigenvalue weighted by Gasteiger charge is 2.19. The Morgan fingerprint density at radius 2 is 0.824 bits per heavy atom. The zero-order valence-electron chi connectivity index (χ0n) is 27.7. The van der Waals surface area contributed by atoms with Gasteiger partial charge in [-0.3, -0.25) is 0 Å². The van der Waals surface area contributed by atoms with E-state index in [1.807, 2.05) is 6.07 Å². The monoisotopic (exact) mass is 646 g/mol. The molecule has 10 aromatic carbocycles. The second kappa shape index (κ2) is 10.9. The van der Waals surface area contributed by atoms with Crippen LogP contribution in [0.15, 0.2) is 186 Å². The van der Waals surface area contributed by atoms with Crippen molar-refractivity contribution >= 4 is 75.8 Å². The van der Waals surface area contributed by atoms with Crippen LogP contribution < -0.4 is 0 Å². The summed E-state index contributed by atoms with van der Waals surface area (Å²) in [6.07, 6.45) is 0. The molecule has 1 aromatic heterocycles. The van der Waals surface area contributed by atoms with Crippen LogP contribution in [0, 0.1) is 0 Å². The standard InChI is InChI=1S/C50H30O/c1-2-15-36-32(12-1)30-45(39-17-4-3-16-38(36)39)31-13-11-14-34(28-31)48-40-18-5-7-20-42(40)49(43-21-8-6-19-41(43)48)35-24-26-37-33(29-35)25-27-47-50(37)44-22-9-10-23-46(44)51-47/h1-30H. The lowest BCUT2D eigenvalue weighted by atomic mass is 9.84. The zero-order valence-corrected chi connectivity index (χ0v) is 27.7. The van der Waals surface area contributed by atoms with E-state index in [-0.39, 0.29) is 0 Å². The fourth-order valence-corrected chi connectivity index (χ4v) is 8.59. The largest absolute Gasteiger partial charge is 0.456 e. The normalized spacial score (nSPS) is 11.9. The van der Waals surface area contributed by atoms with Crippen molar-refractivity contribution in [3.05, 3.63) is 182 Å². The number of benzene rings is 10. The van der Waals surface area contributed by atoms with Crippen molar-refractivity contribution in [1.29, 1.82) is 0 Å². The summed E-state index contributed by atoms with van der Waals surface area (Å²) in [4.78, 5) is 0. The predicted octanol–water partition coefficient (Wildman–Crippen LogP) is 14.4. The summed E-state index contributed by atoms with van der Waals surface area (Å²) in [6.45, 7) is 0. The molecule has 1 nitrogen and oxygen atoms in total. The molecule has 0 fully saturated rings. The van der Waals surface area contributed by atoms with E-state index in [1.165, 1.54) is 92.6 Å². The van der Waals surface area contributed by atoms with Crippen molar-refractivity contribution in [3.63, 3.8) is 0 Å². The molecule has 0 aliphatic rings. The third kappa shape index (κ3) is 4.22. The van der Waals surface area contributed by atoms with Gasteiger partial charge in [-0.05, 0) is 118 Å². The summed E-state index contributed by atoms with van der Waals surface area (Å²) >= 11 is 0. The first-order valence-electron chi connectivity index (χ1n) is 17.6. The summed E-state index contributed by atoms with van der Waals surface area (Å²) in [5, 5.41) is 14.9. The summed E-state index contributed by atoms with van der Waals surface area (Å²) in [6, 6.07) is 66.4. The molecule has 51 heavy (non-hydrogen) atoms. The molecule has 0 unspecified atom stereocenters. The topological polar surface area (TPSA) is 13.1 Å². The molecule has 0 atom stereocenters. The highest BCUT2D eigenvalue weighted by atomic mass is 16.3. The maximum Gasteiger partial charge on any atom is 0.136 e. The molecule has 0 aliphatic carbocycles. The van der Waals surface area contributed by atoms with Gasteiger partial charge in [0.1, 0.15) is 11.2 Å². The summed E-state index contributed by atoms with van der Waals surface area (Å²) in [5.74, 6) is 0. The van der Waals surface area contributed by atoms with E-state index in [0.717, 1.165) is 16.6 Å². The van der Waals surface area contributed by atoms with Crippen LogP contribution in [-0.4, -0.2) is 0 Å². The molecular weight excluding hydrogens is 617 g/mol. The third-order valence-electron chi connectivity index (χ3n) is 10.8. The van der Waals surface area contributed by atoms with Gasteiger partial charge in [0.15, 0.2) is 0 Å². The first-order valence-corrected chi connectivity index (χ1v) is 17.6. The van der Waals surface area contributed by atoms with E-state index in [0.29, 0.717) is 0 Å². The van der Waals surface area contributed by atoms with Crippen molar-refractivity contribution in [2.24, 2.45) is 0 Å². The Balaban J connectivity index is 1.15. The lowest BCUT2D eigenvalue weighted by molar-refractivity contribution is 0.669. The van der Waals surface area contributed by atoms with Gasteiger partial charge in [-0.2, -0.15) is 0 Å². The highest BCUT2D eigenvalue weighted by molar-refractivity contribution is 6.24. The van der Waals surface area contributed by atoms with Crippen molar-refractivity contribution in [3.8, 4) is 33.4 Å². The van der Waals surface area contributed by atoms with Crippen molar-refractivity contribution in [1.82, 2.24) is 0 Å². The maximum absolute atomic E-state index is 6.22. The van der Waals surface area contributed by atoms with Crippen LogP contribution in [0.1, 0.15) is 0 Å². The SMILES string of the molecule is c1cc(-c2c3ccccc3c(-c3ccc4c(ccc5oc6ccccc6c54)c3)c3ccccc23)cc(-c2cc3ccccc3c3ccccc23)c1. The van der Waals surface area contributed by atoms with E-state index in [9.17, 15) is 0 Å². The van der Waals surface area contributed by atoms with Crippen LogP contribution >= 0.6 is 0 Å². The van der Waals surface area contributed by atoms with Crippen molar-refractivity contribution in [2.75, 3.05) is 0 Å². The Labute approximate surface area is 294 Å². The molecule has 0 radical (unpaired) electrons. The van der Waals surface area contributed by atoms with E-state index >= 15 is 0 Å². The van der Waals surface area contributed by atoms with Crippen LogP contribution in [0.3, 0.4) is 0 Å². The van der Waals surface area contributed by atoms with Gasteiger partial charge in [-0.25, -0.2) is 0 Å². The lowest BCUT2D eigenvalue weighted by Gasteiger charge is -2.19. The molecule has 0 amide bonds. The van der Waals surface area contributed by atoms with E-state index in [2.05, 4.69) is 176 Å². The molecule has 236 valence electrons. The molecule has 0 saturated carbocycles. The average Bonchev–Trinajstić information content (AvgIpc) is 3.59. The average molecular weight is 647 g/mol. The van der Waals surface area contributed by atoms with Gasteiger partial charge in [0.2, 0.25) is 0 Å². The zero-order chi connectivity index (χ0) is 33.5. The predicted molar refractivity (Wildman–Crippen MR) is 218 cm³/mol. The van der Waals surface area contributed by atoms with Gasteiger partial charge in [0.05, 0.1) is 0 Å². The van der Waals surface area contributed by atoms with Gasteiger partial charge in [0, 0.05) is 10.8 Å². The van der Waals surface area contributed by atoms with E-state index in [1.54, 1.807) is 0 Å². The Morgan fingerprint density at radius 3 is 1.55 bits per heavy atom. The minimum absolute atomic E-state index is 0.925. The Morgan fingerprint density at radius 1 is 0.275 bits per heavy atom. The molecule has 11 aromatic rings. The first kappa shape index (κ1) is 28.2. The molecule has 0 saturated heterocycles. The second-order valence-electron chi connectivity index (χ2n) is 13.6. The highest BCUT2D eigenvalue weighted by Crippen LogP contribution is 2.46. The van der Waals surface area contributed by atoms with Gasteiger partial charge in [-0.15, -0.1) is 0 Å². The molecular formula is C50H30O. The quantitative estimate of drug-likeness (QED) is 0.138. The van der Waals surface area contributed by atoms with Gasteiger partial charge >= 0.3 is 0 Å². The number of rotatable bonds is 3. The van der Waals surface area contributed by atoms with Crippen LogP contribution in [-0.2, 0) is 0 Å². The van der Waals surface area contributed by atoms with E-state index in [4.69, 9.17) is 4.42 Å². The molecule has 0 bridgehead atoms. The Kier molecular flexibility index (Phi) is 6.02. The summed E-state index contributed by atoms with van der Waals surface area (Å²) in [7, 11) is 0. The van der Waals surface area contributed by atoms with Crippen LogP contribution in [0.2, 0.25) is 0 Å². The van der Waals surface area contributed by atoms with Crippen LogP contribution in [0.4, 0.5) is 0 Å². The molecule has 11 rings (SSSR count). The number of furan rings is 1. The molecule has 1 heteroatoms. The molecule has 0 N–H and O–H groups in total. The molecule has 0 aliphatic heterocycles. The number of fused-ring (bicyclic) bond motifs is 10. The number of hydrogen-bond donors (Lipinski definition) is 0. The fraction of sp³-hybridized carbons (Fsp3) is 0. The van der Waals surface area contributed by atoms with Crippen molar-refractivity contribution in [2.45, 2.75) is 0 Å². The Bertz CT molecular complexity index is 3140. The third-order valence-corrected chi connectivity index (χ3v) is 10.8. The van der Waals surface area contributed by atoms with Gasteiger partial charge < -0.3 is 4.42 Å². The second-order valence-corrected chi connectivity index (χ2v) is 13.6. The maximum atomic E-state index is 6.22. The van der Waals surface area contributed by atoms with E-state index < -0.39 is 0 Å². The summed E-state index contributed by atoms with van der Waals surface area (Å²) in [5.41, 5.74) is 9.29. The summed E-state index contributed by atoms with van der Waals surface area (Å²) < 4.78 is 6.22.